The zero-order valence-corrected chi connectivity index (χ0v) is 9.02. The van der Waals surface area contributed by atoms with Crippen LogP contribution >= 0.6 is 0 Å². The second kappa shape index (κ2) is 3.91. The molecular weight excluding hydrogens is 179 g/mol. The van der Waals surface area contributed by atoms with Crippen LogP contribution in [0.1, 0.15) is 35.3 Å². The van der Waals surface area contributed by atoms with E-state index >= 15 is 0 Å². The van der Waals surface area contributed by atoms with Gasteiger partial charge >= 0.3 is 0 Å². The molecule has 0 bridgehead atoms. The van der Waals surface area contributed by atoms with Crippen LogP contribution in [0.2, 0.25) is 0 Å². The molecular formula is C12H15FO. The van der Waals surface area contributed by atoms with Crippen molar-refractivity contribution in [2.75, 3.05) is 0 Å². The molecule has 0 unspecified atom stereocenters. The Bertz CT molecular complexity index is 344. The summed E-state index contributed by atoms with van der Waals surface area (Å²) in [4.78, 5) is 11.6. The lowest BCUT2D eigenvalue weighted by atomic mass is 9.97. The van der Waals surface area contributed by atoms with E-state index in [0.29, 0.717) is 16.7 Å². The van der Waals surface area contributed by atoms with E-state index in [1.54, 1.807) is 26.0 Å². The van der Waals surface area contributed by atoms with Crippen LogP contribution in [-0.2, 0) is 0 Å². The number of carbonyl (C=O) groups is 1. The summed E-state index contributed by atoms with van der Waals surface area (Å²) in [5, 5.41) is 0. The van der Waals surface area contributed by atoms with Crippen LogP contribution in [0.3, 0.4) is 0 Å². The van der Waals surface area contributed by atoms with Crippen molar-refractivity contribution in [1.29, 1.82) is 0 Å². The third-order valence-corrected chi connectivity index (χ3v) is 2.25. The number of hydrogen-bond acceptors (Lipinski definition) is 1. The van der Waals surface area contributed by atoms with Gasteiger partial charge in [-0.3, -0.25) is 4.79 Å². The summed E-state index contributed by atoms with van der Waals surface area (Å²) < 4.78 is 13.3. The number of halogens is 1. The Balaban J connectivity index is 3.19. The molecule has 2 heteroatoms. The molecule has 1 rings (SSSR count). The SMILES string of the molecule is Cc1cc(C(=O)C(C)C)cc(C)c1F. The van der Waals surface area contributed by atoms with E-state index in [1.165, 1.54) is 0 Å². The summed E-state index contributed by atoms with van der Waals surface area (Å²) in [6.07, 6.45) is 0. The van der Waals surface area contributed by atoms with E-state index in [-0.39, 0.29) is 17.5 Å². The fraction of sp³-hybridized carbons (Fsp3) is 0.417. The highest BCUT2D eigenvalue weighted by molar-refractivity contribution is 5.97. The van der Waals surface area contributed by atoms with Gasteiger partial charge in [0.2, 0.25) is 0 Å². The van der Waals surface area contributed by atoms with Crippen molar-refractivity contribution in [1.82, 2.24) is 0 Å². The molecule has 0 aliphatic heterocycles. The summed E-state index contributed by atoms with van der Waals surface area (Å²) in [7, 11) is 0. The first kappa shape index (κ1) is 10.9. The lowest BCUT2D eigenvalue weighted by molar-refractivity contribution is 0.0939. The monoisotopic (exact) mass is 194 g/mol. The zero-order chi connectivity index (χ0) is 10.9. The zero-order valence-electron chi connectivity index (χ0n) is 9.02. The number of aryl methyl sites for hydroxylation is 2. The Kier molecular flexibility index (Phi) is 3.04. The van der Waals surface area contributed by atoms with Crippen LogP contribution in [0, 0.1) is 25.6 Å². The first-order valence-electron chi connectivity index (χ1n) is 4.74. The molecule has 76 valence electrons. The summed E-state index contributed by atoms with van der Waals surface area (Å²) >= 11 is 0. The highest BCUT2D eigenvalue weighted by atomic mass is 19.1. The topological polar surface area (TPSA) is 17.1 Å². The first-order chi connectivity index (χ1) is 6.43. The molecule has 0 atom stereocenters. The van der Waals surface area contributed by atoms with Gasteiger partial charge in [-0.25, -0.2) is 4.39 Å². The summed E-state index contributed by atoms with van der Waals surface area (Å²) in [6.45, 7) is 7.05. The Labute approximate surface area is 83.9 Å². The number of rotatable bonds is 2. The second-order valence-electron chi connectivity index (χ2n) is 3.94. The minimum absolute atomic E-state index is 0.0424. The van der Waals surface area contributed by atoms with Gasteiger partial charge in [0.05, 0.1) is 0 Å². The molecule has 0 radical (unpaired) electrons. The van der Waals surface area contributed by atoms with Crippen molar-refractivity contribution in [2.24, 2.45) is 5.92 Å². The van der Waals surface area contributed by atoms with Crippen LogP contribution < -0.4 is 0 Å². The van der Waals surface area contributed by atoms with Gasteiger partial charge in [0.1, 0.15) is 5.82 Å². The summed E-state index contributed by atoms with van der Waals surface area (Å²) in [5.74, 6) is -0.194. The quantitative estimate of drug-likeness (QED) is 0.660. The lowest BCUT2D eigenvalue weighted by Gasteiger charge is -2.07. The van der Waals surface area contributed by atoms with Crippen LogP contribution in [0.5, 0.6) is 0 Å². The number of benzene rings is 1. The van der Waals surface area contributed by atoms with Crippen LogP contribution in [0.15, 0.2) is 12.1 Å². The van der Waals surface area contributed by atoms with Gasteiger partial charge < -0.3 is 0 Å². The summed E-state index contributed by atoms with van der Waals surface area (Å²) in [6, 6.07) is 3.23. The van der Waals surface area contributed by atoms with E-state index in [2.05, 4.69) is 0 Å². The molecule has 1 nitrogen and oxygen atoms in total. The Hall–Kier alpha value is -1.18. The highest BCUT2D eigenvalue weighted by Gasteiger charge is 2.13. The molecule has 0 saturated carbocycles. The van der Waals surface area contributed by atoms with Crippen molar-refractivity contribution >= 4 is 5.78 Å². The lowest BCUT2D eigenvalue weighted by Crippen LogP contribution is -2.08. The number of Topliss-reactive ketones (excluding diaryl/α,β-unsaturated/α-hetero) is 1. The van der Waals surface area contributed by atoms with Gasteiger partial charge in [0.25, 0.3) is 0 Å². The maximum Gasteiger partial charge on any atom is 0.165 e. The highest BCUT2D eigenvalue weighted by Crippen LogP contribution is 2.17. The Morgan fingerprint density at radius 3 is 2.00 bits per heavy atom. The maximum absolute atomic E-state index is 13.3. The van der Waals surface area contributed by atoms with E-state index in [0.717, 1.165) is 0 Å². The molecule has 0 aromatic heterocycles. The van der Waals surface area contributed by atoms with Gasteiger partial charge in [0.15, 0.2) is 5.78 Å². The fourth-order valence-electron chi connectivity index (χ4n) is 1.42. The average Bonchev–Trinajstić information content (AvgIpc) is 2.12. The van der Waals surface area contributed by atoms with Gasteiger partial charge in [-0.15, -0.1) is 0 Å². The van der Waals surface area contributed by atoms with Crippen molar-refractivity contribution in [3.8, 4) is 0 Å². The number of carbonyl (C=O) groups excluding carboxylic acids is 1. The molecule has 0 saturated heterocycles. The van der Waals surface area contributed by atoms with Gasteiger partial charge in [-0.2, -0.15) is 0 Å². The van der Waals surface area contributed by atoms with Crippen LogP contribution in [-0.4, -0.2) is 5.78 Å². The van der Waals surface area contributed by atoms with E-state index < -0.39 is 0 Å². The fourth-order valence-corrected chi connectivity index (χ4v) is 1.42. The standard InChI is InChI=1S/C12H15FO/c1-7(2)12(14)10-5-8(3)11(13)9(4)6-10/h5-7H,1-4H3. The predicted octanol–water partition coefficient (Wildman–Crippen LogP) is 3.28. The molecule has 0 fully saturated rings. The van der Waals surface area contributed by atoms with Crippen molar-refractivity contribution in [3.05, 3.63) is 34.6 Å². The van der Waals surface area contributed by atoms with Gasteiger partial charge in [-0.1, -0.05) is 13.8 Å². The van der Waals surface area contributed by atoms with E-state index in [4.69, 9.17) is 0 Å². The van der Waals surface area contributed by atoms with E-state index in [1.807, 2.05) is 13.8 Å². The molecule has 14 heavy (non-hydrogen) atoms. The van der Waals surface area contributed by atoms with Gasteiger partial charge in [0, 0.05) is 11.5 Å². The maximum atomic E-state index is 13.3. The minimum atomic E-state index is -0.217. The van der Waals surface area contributed by atoms with Crippen LogP contribution in [0.25, 0.3) is 0 Å². The molecule has 1 aromatic rings. The first-order valence-corrected chi connectivity index (χ1v) is 4.74. The normalized spacial score (nSPS) is 10.7. The smallest absolute Gasteiger partial charge is 0.165 e. The van der Waals surface area contributed by atoms with Gasteiger partial charge in [-0.05, 0) is 37.1 Å². The molecule has 1 aromatic carbocycles. The van der Waals surface area contributed by atoms with E-state index in [9.17, 15) is 9.18 Å². The molecule has 0 spiro atoms. The third-order valence-electron chi connectivity index (χ3n) is 2.25. The van der Waals surface area contributed by atoms with Crippen molar-refractivity contribution < 1.29 is 9.18 Å². The van der Waals surface area contributed by atoms with Crippen LogP contribution in [0.4, 0.5) is 4.39 Å². The van der Waals surface area contributed by atoms with Crippen molar-refractivity contribution in [3.63, 3.8) is 0 Å². The Morgan fingerprint density at radius 1 is 1.21 bits per heavy atom. The largest absolute Gasteiger partial charge is 0.294 e. The minimum Gasteiger partial charge on any atom is -0.294 e. The Morgan fingerprint density at radius 2 is 1.64 bits per heavy atom. The second-order valence-corrected chi connectivity index (χ2v) is 3.94. The predicted molar refractivity (Wildman–Crippen MR) is 55.0 cm³/mol. The average molecular weight is 194 g/mol. The van der Waals surface area contributed by atoms with Crippen molar-refractivity contribution in [2.45, 2.75) is 27.7 Å². The summed E-state index contributed by atoms with van der Waals surface area (Å²) in [5.41, 5.74) is 1.68. The molecule has 0 heterocycles. The third kappa shape index (κ3) is 2.00. The molecule has 0 N–H and O–H groups in total. The number of hydrogen-bond donors (Lipinski definition) is 0. The molecule has 0 aliphatic rings. The number of ketones is 1. The molecule has 0 aliphatic carbocycles. The molecule has 0 amide bonds.